The van der Waals surface area contributed by atoms with Crippen LogP contribution in [-0.4, -0.2) is 40.0 Å². The number of benzene rings is 1. The van der Waals surface area contributed by atoms with Gasteiger partial charge in [-0.15, -0.1) is 0 Å². The van der Waals surface area contributed by atoms with Crippen molar-refractivity contribution in [2.45, 2.75) is 18.9 Å². The Bertz CT molecular complexity index is 608. The van der Waals surface area contributed by atoms with Gasteiger partial charge in [-0.1, -0.05) is 30.3 Å². The van der Waals surface area contributed by atoms with Gasteiger partial charge in [0, 0.05) is 38.3 Å². The molecule has 2 heterocycles. The van der Waals surface area contributed by atoms with Gasteiger partial charge < -0.3 is 15.2 Å². The lowest BCUT2D eigenvalue weighted by atomic mass is 9.99. The molecule has 1 atom stereocenters. The van der Waals surface area contributed by atoms with Crippen LogP contribution in [0.15, 0.2) is 42.9 Å². The minimum absolute atomic E-state index is 0.0178. The first kappa shape index (κ1) is 13.8. The van der Waals surface area contributed by atoms with Crippen molar-refractivity contribution in [3.8, 4) is 0 Å². The zero-order chi connectivity index (χ0) is 14.7. The fraction of sp³-hybridized carbons (Fsp3) is 0.375. The summed E-state index contributed by atoms with van der Waals surface area (Å²) in [5.41, 5.74) is 7.32. The first-order chi connectivity index (χ1) is 10.3. The number of hydrogen-bond donors (Lipinski definition) is 1. The van der Waals surface area contributed by atoms with Crippen LogP contribution in [0.5, 0.6) is 0 Å². The second kappa shape index (κ2) is 6.10. The first-order valence-corrected chi connectivity index (χ1v) is 7.34. The Hall–Kier alpha value is -2.14. The molecular weight excluding hydrogens is 264 g/mol. The van der Waals surface area contributed by atoms with Crippen molar-refractivity contribution < 1.29 is 4.79 Å². The highest BCUT2D eigenvalue weighted by Crippen LogP contribution is 2.27. The van der Waals surface area contributed by atoms with E-state index in [-0.39, 0.29) is 5.91 Å². The van der Waals surface area contributed by atoms with Crippen molar-refractivity contribution in [1.82, 2.24) is 14.5 Å². The number of aromatic nitrogens is 2. The molecule has 1 saturated heterocycles. The molecular formula is C16H20N4O. The molecule has 1 fully saturated rings. The Kier molecular flexibility index (Phi) is 4.01. The van der Waals surface area contributed by atoms with E-state index in [0.29, 0.717) is 24.7 Å². The molecule has 1 aromatic heterocycles. The van der Waals surface area contributed by atoms with Crippen molar-refractivity contribution in [3.05, 3.63) is 54.1 Å². The zero-order valence-corrected chi connectivity index (χ0v) is 12.0. The third-order valence-electron chi connectivity index (χ3n) is 3.99. The molecule has 0 spiro atoms. The van der Waals surface area contributed by atoms with Crippen LogP contribution in [0.1, 0.15) is 28.4 Å². The fourth-order valence-electron chi connectivity index (χ4n) is 2.85. The third-order valence-corrected chi connectivity index (χ3v) is 3.99. The van der Waals surface area contributed by atoms with E-state index in [1.54, 1.807) is 12.5 Å². The van der Waals surface area contributed by atoms with Crippen LogP contribution in [0.3, 0.4) is 0 Å². The van der Waals surface area contributed by atoms with Crippen LogP contribution in [0.4, 0.5) is 0 Å². The molecule has 21 heavy (non-hydrogen) atoms. The summed E-state index contributed by atoms with van der Waals surface area (Å²) in [6.07, 6.45) is 4.47. The van der Waals surface area contributed by atoms with E-state index in [9.17, 15) is 4.79 Å². The molecule has 3 rings (SSSR count). The van der Waals surface area contributed by atoms with Crippen LogP contribution in [-0.2, 0) is 6.54 Å². The van der Waals surface area contributed by atoms with Crippen molar-refractivity contribution in [2.75, 3.05) is 19.6 Å². The summed E-state index contributed by atoms with van der Waals surface area (Å²) in [5.74, 6) is 0.450. The Balaban J connectivity index is 1.66. The van der Waals surface area contributed by atoms with E-state index < -0.39 is 0 Å². The summed E-state index contributed by atoms with van der Waals surface area (Å²) < 4.78 is 1.86. The average Bonchev–Trinajstić information content (AvgIpc) is 3.17. The second-order valence-electron chi connectivity index (χ2n) is 5.43. The van der Waals surface area contributed by atoms with Crippen LogP contribution >= 0.6 is 0 Å². The van der Waals surface area contributed by atoms with Gasteiger partial charge in [-0.05, 0) is 12.0 Å². The number of nitrogens with two attached hydrogens (primary N) is 1. The molecule has 0 aliphatic carbocycles. The van der Waals surface area contributed by atoms with Crippen molar-refractivity contribution in [3.63, 3.8) is 0 Å². The number of amides is 1. The van der Waals surface area contributed by atoms with Crippen LogP contribution in [0.25, 0.3) is 0 Å². The largest absolute Gasteiger partial charge is 0.337 e. The summed E-state index contributed by atoms with van der Waals surface area (Å²) >= 11 is 0. The van der Waals surface area contributed by atoms with Gasteiger partial charge in [-0.3, -0.25) is 4.79 Å². The standard InChI is InChI=1S/C16H20N4O/c17-7-9-19-11-15(18-12-19)16(21)20-8-6-14(10-20)13-4-2-1-3-5-13/h1-5,11-12,14H,6-10,17H2. The molecule has 2 aromatic rings. The Morgan fingerprint density at radius 1 is 1.33 bits per heavy atom. The lowest BCUT2D eigenvalue weighted by molar-refractivity contribution is 0.0785. The Morgan fingerprint density at radius 3 is 2.90 bits per heavy atom. The number of likely N-dealkylation sites (tertiary alicyclic amines) is 1. The van der Waals surface area contributed by atoms with Gasteiger partial charge >= 0.3 is 0 Å². The SMILES string of the molecule is NCCn1cnc(C(=O)N2CCC(c3ccccc3)C2)c1. The van der Waals surface area contributed by atoms with Gasteiger partial charge in [0.25, 0.3) is 5.91 Å². The number of carbonyl (C=O) groups is 1. The van der Waals surface area contributed by atoms with E-state index in [0.717, 1.165) is 19.5 Å². The minimum Gasteiger partial charge on any atom is -0.337 e. The Labute approximate surface area is 124 Å². The second-order valence-corrected chi connectivity index (χ2v) is 5.43. The monoisotopic (exact) mass is 284 g/mol. The maximum absolute atomic E-state index is 12.5. The molecule has 1 amide bonds. The third kappa shape index (κ3) is 2.97. The summed E-state index contributed by atoms with van der Waals surface area (Å²) in [5, 5.41) is 0. The summed E-state index contributed by atoms with van der Waals surface area (Å²) in [7, 11) is 0. The topological polar surface area (TPSA) is 64.2 Å². The first-order valence-electron chi connectivity index (χ1n) is 7.34. The van der Waals surface area contributed by atoms with Crippen LogP contribution in [0.2, 0.25) is 0 Å². The Morgan fingerprint density at radius 2 is 2.14 bits per heavy atom. The van der Waals surface area contributed by atoms with Gasteiger partial charge in [0.05, 0.1) is 6.33 Å². The number of carbonyl (C=O) groups excluding carboxylic acids is 1. The molecule has 1 unspecified atom stereocenters. The smallest absolute Gasteiger partial charge is 0.274 e. The highest BCUT2D eigenvalue weighted by atomic mass is 16.2. The molecule has 0 bridgehead atoms. The van der Waals surface area contributed by atoms with Crippen molar-refractivity contribution in [1.29, 1.82) is 0 Å². The highest BCUT2D eigenvalue weighted by Gasteiger charge is 2.28. The maximum atomic E-state index is 12.5. The van der Waals surface area contributed by atoms with E-state index >= 15 is 0 Å². The molecule has 1 aliphatic rings. The fourth-order valence-corrected chi connectivity index (χ4v) is 2.85. The molecule has 110 valence electrons. The van der Waals surface area contributed by atoms with Gasteiger partial charge in [0.15, 0.2) is 0 Å². The van der Waals surface area contributed by atoms with Crippen molar-refractivity contribution >= 4 is 5.91 Å². The van der Waals surface area contributed by atoms with Gasteiger partial charge in [0.2, 0.25) is 0 Å². The predicted molar refractivity (Wildman–Crippen MR) is 81.0 cm³/mol. The van der Waals surface area contributed by atoms with Crippen molar-refractivity contribution in [2.24, 2.45) is 5.73 Å². The summed E-state index contributed by atoms with van der Waals surface area (Å²) in [4.78, 5) is 18.5. The molecule has 5 nitrogen and oxygen atoms in total. The van der Waals surface area contributed by atoms with Crippen LogP contribution in [0, 0.1) is 0 Å². The molecule has 1 aliphatic heterocycles. The van der Waals surface area contributed by atoms with Gasteiger partial charge in [-0.2, -0.15) is 0 Å². The highest BCUT2D eigenvalue weighted by molar-refractivity contribution is 5.92. The molecule has 0 saturated carbocycles. The molecule has 0 radical (unpaired) electrons. The average molecular weight is 284 g/mol. The number of imidazole rings is 1. The van der Waals surface area contributed by atoms with Crippen LogP contribution < -0.4 is 5.73 Å². The van der Waals surface area contributed by atoms with E-state index in [4.69, 9.17) is 5.73 Å². The normalized spacial score (nSPS) is 18.1. The lowest BCUT2D eigenvalue weighted by Gasteiger charge is -2.15. The van der Waals surface area contributed by atoms with E-state index in [2.05, 4.69) is 17.1 Å². The lowest BCUT2D eigenvalue weighted by Crippen LogP contribution is -2.28. The number of rotatable bonds is 4. The van der Waals surface area contributed by atoms with E-state index in [1.807, 2.05) is 27.7 Å². The molecule has 1 aromatic carbocycles. The number of hydrogen-bond acceptors (Lipinski definition) is 3. The van der Waals surface area contributed by atoms with Gasteiger partial charge in [0.1, 0.15) is 5.69 Å². The predicted octanol–water partition coefficient (Wildman–Crippen LogP) is 1.47. The zero-order valence-electron chi connectivity index (χ0n) is 12.0. The quantitative estimate of drug-likeness (QED) is 0.924. The molecule has 5 heteroatoms. The van der Waals surface area contributed by atoms with Gasteiger partial charge in [-0.25, -0.2) is 4.98 Å². The maximum Gasteiger partial charge on any atom is 0.274 e. The number of nitrogens with zero attached hydrogens (tertiary/aromatic N) is 3. The molecule has 2 N–H and O–H groups in total. The summed E-state index contributed by atoms with van der Waals surface area (Å²) in [6, 6.07) is 10.4. The van der Waals surface area contributed by atoms with E-state index in [1.165, 1.54) is 5.56 Å². The summed E-state index contributed by atoms with van der Waals surface area (Å²) in [6.45, 7) is 2.80. The minimum atomic E-state index is 0.0178.